The smallest absolute Gasteiger partial charge is 0.338 e. The van der Waals surface area contributed by atoms with Gasteiger partial charge in [0.2, 0.25) is 0 Å². The van der Waals surface area contributed by atoms with E-state index in [1.165, 1.54) is 0 Å². The highest BCUT2D eigenvalue weighted by Crippen LogP contribution is 2.22. The first-order valence-electron chi connectivity index (χ1n) is 11.2. The van der Waals surface area contributed by atoms with E-state index in [0.717, 1.165) is 23.6 Å². The molecule has 0 aliphatic heterocycles. The van der Waals surface area contributed by atoms with E-state index in [1.807, 2.05) is 26.0 Å². The van der Waals surface area contributed by atoms with Crippen LogP contribution in [0.3, 0.4) is 0 Å². The van der Waals surface area contributed by atoms with Crippen LogP contribution in [0.1, 0.15) is 81.5 Å². The lowest BCUT2D eigenvalue weighted by Gasteiger charge is -2.27. The molecule has 31 heavy (non-hydrogen) atoms. The predicted molar refractivity (Wildman–Crippen MR) is 125 cm³/mol. The summed E-state index contributed by atoms with van der Waals surface area (Å²) in [5, 5.41) is 1.74. The third-order valence-corrected chi connectivity index (χ3v) is 5.00. The number of fused-ring (bicyclic) bond motifs is 1. The lowest BCUT2D eigenvalue weighted by molar-refractivity contribution is 0.0186. The zero-order valence-electron chi connectivity index (χ0n) is 19.7. The molecule has 0 heterocycles. The summed E-state index contributed by atoms with van der Waals surface area (Å²) in [7, 11) is 0. The maximum absolute atomic E-state index is 12.8. The van der Waals surface area contributed by atoms with Gasteiger partial charge in [0.25, 0.3) is 0 Å². The number of ether oxygens (including phenoxy) is 2. The first-order chi connectivity index (χ1) is 14.4. The maximum Gasteiger partial charge on any atom is 0.338 e. The van der Waals surface area contributed by atoms with Crippen LogP contribution in [0.2, 0.25) is 0 Å². The number of rotatable bonds is 10. The molecule has 0 saturated heterocycles. The Kier molecular flexibility index (Phi) is 8.63. The molecule has 2 aromatic rings. The molecule has 0 spiro atoms. The van der Waals surface area contributed by atoms with Gasteiger partial charge >= 0.3 is 11.9 Å². The number of esters is 2. The number of carbonyl (C=O) groups excluding carboxylic acids is 2. The Labute approximate surface area is 186 Å². The summed E-state index contributed by atoms with van der Waals surface area (Å²) in [4.78, 5) is 25.0. The average Bonchev–Trinajstić information content (AvgIpc) is 2.64. The fraction of sp³-hybridized carbons (Fsp3) is 0.538. The van der Waals surface area contributed by atoms with Crippen LogP contribution in [0, 0.1) is 11.8 Å². The number of nitrogens with two attached hydrogens (primary N) is 1. The van der Waals surface area contributed by atoms with Crippen LogP contribution in [-0.2, 0) is 9.47 Å². The zero-order valence-corrected chi connectivity index (χ0v) is 19.7. The van der Waals surface area contributed by atoms with Crippen LogP contribution in [0.15, 0.2) is 36.4 Å². The van der Waals surface area contributed by atoms with Crippen LogP contribution < -0.4 is 5.73 Å². The summed E-state index contributed by atoms with van der Waals surface area (Å²) in [5.41, 5.74) is 6.74. The van der Waals surface area contributed by atoms with Gasteiger partial charge in [-0.1, -0.05) is 39.8 Å². The molecule has 5 nitrogen and oxygen atoms in total. The van der Waals surface area contributed by atoms with Gasteiger partial charge in [0.05, 0.1) is 17.7 Å². The largest absolute Gasteiger partial charge is 0.462 e. The Hall–Kier alpha value is -2.40. The molecule has 0 aliphatic carbocycles. The molecule has 0 bridgehead atoms. The van der Waals surface area contributed by atoms with E-state index < -0.39 is 5.54 Å². The Bertz CT molecular complexity index is 896. The molecule has 0 aromatic heterocycles. The van der Waals surface area contributed by atoms with Crippen molar-refractivity contribution in [3.8, 4) is 0 Å². The number of benzene rings is 2. The van der Waals surface area contributed by atoms with Crippen LogP contribution in [0.25, 0.3) is 10.8 Å². The lowest BCUT2D eigenvalue weighted by Crippen LogP contribution is -2.38. The van der Waals surface area contributed by atoms with Gasteiger partial charge in [0, 0.05) is 12.0 Å². The monoisotopic (exact) mass is 427 g/mol. The Morgan fingerprint density at radius 3 is 1.94 bits per heavy atom. The molecular weight excluding hydrogens is 390 g/mol. The van der Waals surface area contributed by atoms with Gasteiger partial charge in [-0.3, -0.25) is 0 Å². The van der Waals surface area contributed by atoms with Crippen molar-refractivity contribution in [3.63, 3.8) is 0 Å². The molecule has 5 heteroatoms. The number of carbonyl (C=O) groups is 2. The summed E-state index contributed by atoms with van der Waals surface area (Å²) < 4.78 is 11.1. The van der Waals surface area contributed by atoms with Crippen molar-refractivity contribution in [2.24, 2.45) is 17.6 Å². The van der Waals surface area contributed by atoms with Crippen molar-refractivity contribution >= 4 is 22.7 Å². The van der Waals surface area contributed by atoms with Crippen LogP contribution in [0.4, 0.5) is 0 Å². The third kappa shape index (κ3) is 8.33. The molecule has 170 valence electrons. The first-order valence-corrected chi connectivity index (χ1v) is 11.2. The van der Waals surface area contributed by atoms with Crippen molar-refractivity contribution in [2.45, 2.75) is 72.4 Å². The van der Waals surface area contributed by atoms with Crippen LogP contribution in [-0.4, -0.2) is 30.2 Å². The Morgan fingerprint density at radius 1 is 0.903 bits per heavy atom. The van der Waals surface area contributed by atoms with E-state index in [-0.39, 0.29) is 18.0 Å². The number of hydrogen-bond donors (Lipinski definition) is 1. The molecule has 0 aliphatic rings. The molecule has 0 fully saturated rings. The molecule has 2 aromatic carbocycles. The normalized spacial score (nSPS) is 12.9. The molecule has 2 rings (SSSR count). The zero-order chi connectivity index (χ0) is 23.2. The minimum absolute atomic E-state index is 0.230. The standard InChI is InChI=1S/C26H37NO4/c1-17(2)11-12-30-24(28)21-9-7-20-15-22(10-8-19(20)14-21)25(29)31-23(13-18(3)4)16-26(5,6)27/h7-10,14-15,17-18,23H,11-13,16,27H2,1-6H3. The Morgan fingerprint density at radius 2 is 1.45 bits per heavy atom. The minimum atomic E-state index is -0.413. The molecule has 0 amide bonds. The van der Waals surface area contributed by atoms with E-state index in [1.54, 1.807) is 24.3 Å². The topological polar surface area (TPSA) is 78.6 Å². The lowest BCUT2D eigenvalue weighted by atomic mass is 9.93. The highest BCUT2D eigenvalue weighted by atomic mass is 16.5. The number of hydrogen-bond acceptors (Lipinski definition) is 5. The molecule has 1 unspecified atom stereocenters. The van der Waals surface area contributed by atoms with Gasteiger partial charge < -0.3 is 15.2 Å². The Balaban J connectivity index is 2.12. The van der Waals surface area contributed by atoms with Crippen LogP contribution >= 0.6 is 0 Å². The van der Waals surface area contributed by atoms with E-state index in [0.29, 0.717) is 36.0 Å². The molecule has 0 radical (unpaired) electrons. The van der Waals surface area contributed by atoms with Gasteiger partial charge in [-0.05, 0) is 73.6 Å². The molecule has 2 N–H and O–H groups in total. The quantitative estimate of drug-likeness (QED) is 0.489. The molecule has 0 saturated carbocycles. The van der Waals surface area contributed by atoms with Crippen molar-refractivity contribution in [1.29, 1.82) is 0 Å². The fourth-order valence-electron chi connectivity index (χ4n) is 3.48. The second-order valence-electron chi connectivity index (χ2n) is 9.94. The third-order valence-electron chi connectivity index (χ3n) is 5.00. The second kappa shape index (κ2) is 10.8. The summed E-state index contributed by atoms with van der Waals surface area (Å²) in [6.07, 6.45) is 1.98. The van der Waals surface area contributed by atoms with Crippen LogP contribution in [0.5, 0.6) is 0 Å². The van der Waals surface area contributed by atoms with Crippen molar-refractivity contribution in [2.75, 3.05) is 6.61 Å². The van der Waals surface area contributed by atoms with Gasteiger partial charge in [-0.25, -0.2) is 9.59 Å². The summed E-state index contributed by atoms with van der Waals surface area (Å²) in [6.45, 7) is 12.7. The second-order valence-corrected chi connectivity index (χ2v) is 9.94. The van der Waals surface area contributed by atoms with E-state index in [9.17, 15) is 9.59 Å². The van der Waals surface area contributed by atoms with E-state index in [2.05, 4.69) is 27.7 Å². The van der Waals surface area contributed by atoms with Gasteiger partial charge in [-0.15, -0.1) is 0 Å². The summed E-state index contributed by atoms with van der Waals surface area (Å²) in [5.74, 6) is 0.204. The van der Waals surface area contributed by atoms with Gasteiger partial charge in [-0.2, -0.15) is 0 Å². The maximum atomic E-state index is 12.8. The van der Waals surface area contributed by atoms with Crippen molar-refractivity contribution in [1.82, 2.24) is 0 Å². The minimum Gasteiger partial charge on any atom is -0.462 e. The molecule has 1 atom stereocenters. The molecular formula is C26H37NO4. The SMILES string of the molecule is CC(C)CCOC(=O)c1ccc2cc(C(=O)OC(CC(C)C)CC(C)(C)N)ccc2c1. The first kappa shape index (κ1) is 24.9. The van der Waals surface area contributed by atoms with Gasteiger partial charge in [0.15, 0.2) is 0 Å². The average molecular weight is 428 g/mol. The highest BCUT2D eigenvalue weighted by Gasteiger charge is 2.24. The summed E-state index contributed by atoms with van der Waals surface area (Å²) >= 11 is 0. The fourth-order valence-corrected chi connectivity index (χ4v) is 3.48. The van der Waals surface area contributed by atoms with Crippen molar-refractivity contribution in [3.05, 3.63) is 47.5 Å². The highest BCUT2D eigenvalue weighted by molar-refractivity contribution is 5.99. The van der Waals surface area contributed by atoms with E-state index >= 15 is 0 Å². The summed E-state index contributed by atoms with van der Waals surface area (Å²) in [6, 6.07) is 10.7. The predicted octanol–water partition coefficient (Wildman–Crippen LogP) is 5.74. The van der Waals surface area contributed by atoms with E-state index in [4.69, 9.17) is 15.2 Å². The van der Waals surface area contributed by atoms with Gasteiger partial charge in [0.1, 0.15) is 6.10 Å². The van der Waals surface area contributed by atoms with Crippen molar-refractivity contribution < 1.29 is 19.1 Å².